The largest absolute Gasteiger partial charge is 2.00 e. The maximum absolute atomic E-state index is 12.1. The van der Waals surface area contributed by atoms with Crippen LogP contribution in [0.25, 0.3) is 44.6 Å². The molecule has 17 heteroatoms. The van der Waals surface area contributed by atoms with Crippen molar-refractivity contribution in [1.29, 1.82) is 0 Å². The molecule has 6 aromatic rings. The van der Waals surface area contributed by atoms with Crippen molar-refractivity contribution in [1.82, 2.24) is 0 Å². The minimum atomic E-state index is -0.888. The first-order valence-corrected chi connectivity index (χ1v) is 12.2. The summed E-state index contributed by atoms with van der Waals surface area (Å²) in [5, 5.41) is 95.3. The summed E-state index contributed by atoms with van der Waals surface area (Å²) < 4.78 is 10.7. The van der Waals surface area contributed by atoms with E-state index in [0.29, 0.717) is 0 Å². The van der Waals surface area contributed by atoms with Crippen molar-refractivity contribution in [3.8, 4) is 80.1 Å². The Morgan fingerprint density at radius 2 is 0.766 bits per heavy atom. The Morgan fingerprint density at radius 1 is 0.426 bits per heavy atom. The molecule has 0 aliphatic carbocycles. The fraction of sp³-hybridized carbons (Fsp3) is 0. The summed E-state index contributed by atoms with van der Waals surface area (Å²) in [7, 11) is 0. The van der Waals surface area contributed by atoms with E-state index < -0.39 is 45.4 Å². The Balaban J connectivity index is 0.000000307. The number of aromatic hydroxyl groups is 10. The minimum absolute atomic E-state index is 0. The van der Waals surface area contributed by atoms with E-state index in [4.69, 9.17) is 8.83 Å². The Kier molecular flexibility index (Phi) is 10.8. The van der Waals surface area contributed by atoms with Crippen molar-refractivity contribution in [3.63, 3.8) is 0 Å². The standard InChI is InChI=1S/2C15H10O7.Mn.2H2O/c2*16-7-4-10(19)12-11(5-7)22-15(14(21)13(12)20)6-1-2-8(17)9(18)3-6;;;/h2*1-5,16-19,21H;;2*1H2/q;;+2;;. The van der Waals surface area contributed by atoms with Gasteiger partial charge in [0, 0.05) is 35.4 Å². The zero-order valence-corrected chi connectivity index (χ0v) is 24.4. The summed E-state index contributed by atoms with van der Waals surface area (Å²) in [5.41, 5.74) is -1.78. The first-order chi connectivity index (χ1) is 20.8. The quantitative estimate of drug-likeness (QED) is 0.0918. The monoisotopic (exact) mass is 695 g/mol. The fourth-order valence-electron chi connectivity index (χ4n) is 4.27. The molecule has 2 aromatic heterocycles. The molecule has 4 aromatic carbocycles. The molecule has 0 saturated carbocycles. The predicted octanol–water partition coefficient (Wildman–Crippen LogP) is 2.32. The normalized spacial score (nSPS) is 10.2. The Labute approximate surface area is 270 Å². The van der Waals surface area contributed by atoms with Crippen LogP contribution in [0.5, 0.6) is 57.5 Å². The van der Waals surface area contributed by atoms with Gasteiger partial charge in [0.15, 0.2) is 34.5 Å². The van der Waals surface area contributed by atoms with Crippen LogP contribution in [-0.4, -0.2) is 62.0 Å². The van der Waals surface area contributed by atoms with Gasteiger partial charge in [-0.05, 0) is 36.4 Å². The molecule has 1 radical (unpaired) electrons. The summed E-state index contributed by atoms with van der Waals surface area (Å²) in [6.45, 7) is 0. The van der Waals surface area contributed by atoms with Crippen LogP contribution in [0.3, 0.4) is 0 Å². The van der Waals surface area contributed by atoms with Gasteiger partial charge in [0.1, 0.15) is 44.9 Å². The number of phenolic OH excluding ortho intramolecular Hbond substituents is 8. The van der Waals surface area contributed by atoms with Crippen molar-refractivity contribution in [2.75, 3.05) is 0 Å². The second kappa shape index (κ2) is 13.8. The Hall–Kier alpha value is -6.26. The van der Waals surface area contributed by atoms with Gasteiger partial charge in [0.05, 0.1) is 0 Å². The van der Waals surface area contributed by atoms with Gasteiger partial charge in [-0.1, -0.05) is 0 Å². The molecule has 0 fully saturated rings. The molecule has 0 aliphatic heterocycles. The van der Waals surface area contributed by atoms with E-state index in [1.807, 2.05) is 0 Å². The van der Waals surface area contributed by atoms with Crippen LogP contribution in [0.2, 0.25) is 0 Å². The molecule has 2 heterocycles. The summed E-state index contributed by atoms with van der Waals surface area (Å²) in [6.07, 6.45) is 0. The maximum Gasteiger partial charge on any atom is 2.00 e. The molecule has 245 valence electrons. The molecular weight excluding hydrogens is 671 g/mol. The van der Waals surface area contributed by atoms with E-state index in [0.717, 1.165) is 48.5 Å². The second-order valence-corrected chi connectivity index (χ2v) is 9.30. The number of rotatable bonds is 2. The zero-order valence-electron chi connectivity index (χ0n) is 23.3. The van der Waals surface area contributed by atoms with E-state index in [1.165, 1.54) is 12.1 Å². The van der Waals surface area contributed by atoms with Crippen LogP contribution in [-0.2, 0) is 17.1 Å². The van der Waals surface area contributed by atoms with Crippen molar-refractivity contribution >= 4 is 21.9 Å². The van der Waals surface area contributed by atoms with Gasteiger partial charge in [0.2, 0.25) is 22.4 Å². The van der Waals surface area contributed by atoms with Crippen molar-refractivity contribution in [2.24, 2.45) is 0 Å². The molecule has 0 bridgehead atoms. The number of hydrogen-bond acceptors (Lipinski definition) is 14. The number of phenols is 8. The van der Waals surface area contributed by atoms with E-state index >= 15 is 0 Å². The molecule has 47 heavy (non-hydrogen) atoms. The first-order valence-electron chi connectivity index (χ1n) is 12.2. The number of hydrogen-bond donors (Lipinski definition) is 10. The van der Waals surface area contributed by atoms with Crippen LogP contribution < -0.4 is 10.9 Å². The van der Waals surface area contributed by atoms with E-state index in [-0.39, 0.29) is 95.6 Å². The van der Waals surface area contributed by atoms with Crippen LogP contribution >= 0.6 is 0 Å². The third kappa shape index (κ3) is 6.73. The first kappa shape index (κ1) is 36.9. The summed E-state index contributed by atoms with van der Waals surface area (Å²) >= 11 is 0. The van der Waals surface area contributed by atoms with Crippen LogP contribution in [0.1, 0.15) is 0 Å². The van der Waals surface area contributed by atoms with Crippen LogP contribution in [0, 0.1) is 0 Å². The average molecular weight is 695 g/mol. The number of benzene rings is 4. The summed E-state index contributed by atoms with van der Waals surface area (Å²) in [4.78, 5) is 24.3. The van der Waals surface area contributed by atoms with Gasteiger partial charge in [-0.25, -0.2) is 0 Å². The minimum Gasteiger partial charge on any atom is -0.508 e. The third-order valence-electron chi connectivity index (χ3n) is 6.35. The Bertz CT molecular complexity index is 2080. The molecule has 0 amide bonds. The van der Waals surface area contributed by atoms with Crippen molar-refractivity contribution in [2.45, 2.75) is 0 Å². The zero-order chi connectivity index (χ0) is 32.0. The van der Waals surface area contributed by atoms with Gasteiger partial charge < -0.3 is 70.9 Å². The van der Waals surface area contributed by atoms with E-state index in [2.05, 4.69) is 0 Å². The van der Waals surface area contributed by atoms with E-state index in [9.17, 15) is 60.7 Å². The molecule has 0 spiro atoms. The van der Waals surface area contributed by atoms with Crippen LogP contribution in [0.15, 0.2) is 79.1 Å². The maximum atomic E-state index is 12.1. The van der Waals surface area contributed by atoms with Gasteiger partial charge in [0.25, 0.3) is 0 Å². The average Bonchev–Trinajstić information content (AvgIpc) is 2.95. The predicted molar refractivity (Wildman–Crippen MR) is 160 cm³/mol. The molecule has 0 saturated heterocycles. The fourth-order valence-corrected chi connectivity index (χ4v) is 4.27. The third-order valence-corrected chi connectivity index (χ3v) is 6.35. The second-order valence-electron chi connectivity index (χ2n) is 9.30. The van der Waals surface area contributed by atoms with Crippen molar-refractivity contribution < 1.29 is 87.9 Å². The van der Waals surface area contributed by atoms with Gasteiger partial charge >= 0.3 is 17.1 Å². The van der Waals surface area contributed by atoms with Gasteiger partial charge in [-0.15, -0.1) is 0 Å². The Morgan fingerprint density at radius 3 is 1.09 bits per heavy atom. The molecule has 0 unspecified atom stereocenters. The SMILES string of the molecule is O.O.O=c1c(O)c(-c2ccc(O)c(O)c2)oc2cc(O)cc(O)c12.O=c1c(O)c(-c2ccc(O)c(O)c2)oc2cc(O)cc(O)c12.[Mn+2]. The van der Waals surface area contributed by atoms with Gasteiger partial charge in [-0.3, -0.25) is 9.59 Å². The van der Waals surface area contributed by atoms with E-state index in [1.54, 1.807) is 0 Å². The topological polar surface area (TPSA) is 326 Å². The smallest absolute Gasteiger partial charge is 0.508 e. The molecule has 6 rings (SSSR count). The molecule has 0 atom stereocenters. The van der Waals surface area contributed by atoms with Gasteiger partial charge in [-0.2, -0.15) is 0 Å². The number of fused-ring (bicyclic) bond motifs is 2. The van der Waals surface area contributed by atoms with Crippen LogP contribution in [0.4, 0.5) is 0 Å². The molecule has 0 aliphatic rings. The molecular formula is C30H24MnO16+2. The molecule has 16 nitrogen and oxygen atoms in total. The summed E-state index contributed by atoms with van der Waals surface area (Å²) in [6, 6.07) is 11.3. The molecule has 14 N–H and O–H groups in total. The summed E-state index contributed by atoms with van der Waals surface area (Å²) in [5.74, 6) is -5.43. The van der Waals surface area contributed by atoms with Crippen molar-refractivity contribution in [3.05, 3.63) is 81.1 Å².